The molecular weight excluding hydrogens is 395 g/mol. The molecule has 148 valence electrons. The normalized spacial score (nSPS) is 14.6. The second-order valence-electron chi connectivity index (χ2n) is 6.54. The van der Waals surface area contributed by atoms with E-state index in [2.05, 4.69) is 10.4 Å². The van der Waals surface area contributed by atoms with Gasteiger partial charge in [0, 0.05) is 11.9 Å². The Morgan fingerprint density at radius 1 is 1.32 bits per heavy atom. The lowest BCUT2D eigenvalue weighted by Crippen LogP contribution is -2.22. The Morgan fingerprint density at radius 2 is 2.07 bits per heavy atom. The van der Waals surface area contributed by atoms with Crippen molar-refractivity contribution in [2.24, 2.45) is 7.05 Å². The van der Waals surface area contributed by atoms with Gasteiger partial charge in [-0.05, 0) is 46.9 Å². The molecule has 0 bridgehead atoms. The highest BCUT2D eigenvalue weighted by Crippen LogP contribution is 2.46. The van der Waals surface area contributed by atoms with E-state index in [1.54, 1.807) is 6.07 Å². The predicted molar refractivity (Wildman–Crippen MR) is 96.3 cm³/mol. The highest BCUT2D eigenvalue weighted by atomic mass is 32.2. The quantitative estimate of drug-likeness (QED) is 0.648. The monoisotopic (exact) mass is 411 g/mol. The maximum atomic E-state index is 12.9. The first-order valence-corrected chi connectivity index (χ1v) is 9.44. The summed E-state index contributed by atoms with van der Waals surface area (Å²) >= 11 is 1.29. The molecule has 4 rings (SSSR count). The largest absolute Gasteiger partial charge is 0.444 e. The van der Waals surface area contributed by atoms with Crippen LogP contribution in [0.25, 0.3) is 5.69 Å². The molecule has 3 aromatic rings. The van der Waals surface area contributed by atoms with E-state index in [1.165, 1.54) is 23.5 Å². The Kier molecular flexibility index (Phi) is 4.48. The van der Waals surface area contributed by atoms with Crippen LogP contribution in [0, 0.1) is 0 Å². The van der Waals surface area contributed by atoms with Crippen LogP contribution in [0.4, 0.5) is 19.1 Å². The first-order valence-electron chi connectivity index (χ1n) is 8.46. The van der Waals surface area contributed by atoms with Crippen LogP contribution in [0.5, 0.6) is 0 Å². The number of hydrogen-bond donors (Lipinski definition) is 1. The van der Waals surface area contributed by atoms with Crippen LogP contribution in [0.3, 0.4) is 0 Å². The van der Waals surface area contributed by atoms with E-state index in [9.17, 15) is 18.0 Å². The number of nitrogens with zero attached hydrogens (tertiary/aromatic N) is 4. The summed E-state index contributed by atoms with van der Waals surface area (Å²) in [6.45, 7) is 0. The van der Waals surface area contributed by atoms with E-state index in [1.807, 2.05) is 12.1 Å². The number of tetrazole rings is 1. The number of rotatable bonds is 5. The molecule has 1 saturated carbocycles. The third-order valence-corrected chi connectivity index (χ3v) is 5.63. The molecule has 1 aliphatic rings. The van der Waals surface area contributed by atoms with E-state index >= 15 is 0 Å². The summed E-state index contributed by atoms with van der Waals surface area (Å²) in [5.41, 5.74) is 5.56. The number of halogens is 3. The van der Waals surface area contributed by atoms with Gasteiger partial charge in [-0.3, -0.25) is 0 Å². The van der Waals surface area contributed by atoms with Crippen molar-refractivity contribution in [3.05, 3.63) is 51.6 Å². The average Bonchev–Trinajstić information content (AvgIpc) is 3.33. The molecule has 7 nitrogen and oxygen atoms in total. The summed E-state index contributed by atoms with van der Waals surface area (Å²) in [6, 6.07) is 6.45. The maximum absolute atomic E-state index is 12.9. The second kappa shape index (κ2) is 6.73. The third-order valence-electron chi connectivity index (χ3n) is 4.47. The number of nitrogens with two attached hydrogens (primary N) is 1. The minimum absolute atomic E-state index is 0.109. The summed E-state index contributed by atoms with van der Waals surface area (Å²) in [5, 5.41) is 7.62. The zero-order valence-corrected chi connectivity index (χ0v) is 15.5. The zero-order valence-electron chi connectivity index (χ0n) is 14.7. The van der Waals surface area contributed by atoms with Crippen molar-refractivity contribution in [1.29, 1.82) is 0 Å². The summed E-state index contributed by atoms with van der Waals surface area (Å²) in [4.78, 5) is 13.1. The van der Waals surface area contributed by atoms with Crippen LogP contribution in [0.1, 0.15) is 35.6 Å². The standard InChI is InChI=1S/C17H16F3N5O2S/c1-24-16(26)25(23-22-24)13-4-2-3-11(9-5-6-9)14(13)28-8-10-7-12(15(21)27-10)17(18,19)20/h2-4,7,9H,5-6,8,21H2,1H3. The first kappa shape index (κ1) is 18.7. The number of hydrogen-bond acceptors (Lipinski definition) is 6. The second-order valence-corrected chi connectivity index (χ2v) is 7.53. The number of furan rings is 1. The Hall–Kier alpha value is -2.69. The fourth-order valence-electron chi connectivity index (χ4n) is 2.94. The fraction of sp³-hybridized carbons (Fsp3) is 0.353. The van der Waals surface area contributed by atoms with Gasteiger partial charge in [0.25, 0.3) is 0 Å². The van der Waals surface area contributed by atoms with E-state index in [4.69, 9.17) is 10.2 Å². The molecule has 2 aromatic heterocycles. The first-order chi connectivity index (χ1) is 13.3. The van der Waals surface area contributed by atoms with Gasteiger partial charge in [-0.2, -0.15) is 22.5 Å². The number of nitrogen functional groups attached to an aromatic ring is 1. The maximum Gasteiger partial charge on any atom is 0.421 e. The molecule has 1 aliphatic carbocycles. The van der Waals surface area contributed by atoms with Gasteiger partial charge in [0.2, 0.25) is 5.88 Å². The lowest BCUT2D eigenvalue weighted by atomic mass is 10.1. The smallest absolute Gasteiger partial charge is 0.421 e. The summed E-state index contributed by atoms with van der Waals surface area (Å²) in [7, 11) is 1.49. The molecule has 28 heavy (non-hydrogen) atoms. The van der Waals surface area contributed by atoms with Crippen LogP contribution >= 0.6 is 11.8 Å². The van der Waals surface area contributed by atoms with Crippen LogP contribution in [-0.4, -0.2) is 19.8 Å². The topological polar surface area (TPSA) is 91.9 Å². The van der Waals surface area contributed by atoms with E-state index in [0.717, 1.165) is 34.0 Å². The Morgan fingerprint density at radius 3 is 2.64 bits per heavy atom. The van der Waals surface area contributed by atoms with Gasteiger partial charge in [-0.25, -0.2) is 4.79 Å². The van der Waals surface area contributed by atoms with Crippen molar-refractivity contribution in [3.63, 3.8) is 0 Å². The molecule has 0 radical (unpaired) electrons. The Balaban J connectivity index is 1.69. The average molecular weight is 411 g/mol. The van der Waals surface area contributed by atoms with Gasteiger partial charge in [0.05, 0.1) is 11.4 Å². The van der Waals surface area contributed by atoms with Crippen molar-refractivity contribution < 1.29 is 17.6 Å². The minimum atomic E-state index is -4.57. The fourth-order valence-corrected chi connectivity index (χ4v) is 4.07. The van der Waals surface area contributed by atoms with Gasteiger partial charge in [-0.1, -0.05) is 12.1 Å². The number of thioether (sulfide) groups is 1. The van der Waals surface area contributed by atoms with Crippen molar-refractivity contribution in [2.75, 3.05) is 5.73 Å². The van der Waals surface area contributed by atoms with E-state index < -0.39 is 23.3 Å². The number of aryl methyl sites for hydroxylation is 1. The molecule has 2 N–H and O–H groups in total. The SMILES string of the molecule is Cn1nnn(-c2cccc(C3CC3)c2SCc2cc(C(F)(F)F)c(N)o2)c1=O. The highest BCUT2D eigenvalue weighted by molar-refractivity contribution is 7.98. The number of anilines is 1. The van der Waals surface area contributed by atoms with Crippen LogP contribution in [0.2, 0.25) is 0 Å². The van der Waals surface area contributed by atoms with Crippen molar-refractivity contribution in [3.8, 4) is 5.69 Å². The van der Waals surface area contributed by atoms with Crippen LogP contribution in [-0.2, 0) is 19.0 Å². The molecule has 0 unspecified atom stereocenters. The number of alkyl halides is 3. The molecule has 0 saturated heterocycles. The van der Waals surface area contributed by atoms with Crippen LogP contribution in [0.15, 0.2) is 38.4 Å². The molecule has 11 heteroatoms. The Labute approximate surface area is 161 Å². The van der Waals surface area contributed by atoms with Gasteiger partial charge >= 0.3 is 11.9 Å². The van der Waals surface area contributed by atoms with E-state index in [-0.39, 0.29) is 11.5 Å². The molecule has 1 aromatic carbocycles. The van der Waals surface area contributed by atoms with Gasteiger partial charge in [0.1, 0.15) is 11.3 Å². The summed E-state index contributed by atoms with van der Waals surface area (Å²) < 4.78 is 46.2. The highest BCUT2D eigenvalue weighted by Gasteiger charge is 2.36. The molecular formula is C17H16F3N5O2S. The lowest BCUT2D eigenvalue weighted by Gasteiger charge is -2.12. The van der Waals surface area contributed by atoms with Gasteiger partial charge in [-0.15, -0.1) is 11.8 Å². The molecule has 1 fully saturated rings. The number of benzene rings is 1. The van der Waals surface area contributed by atoms with Crippen LogP contribution < -0.4 is 11.4 Å². The molecule has 2 heterocycles. The van der Waals surface area contributed by atoms with Gasteiger partial charge in [0.15, 0.2) is 0 Å². The number of aromatic nitrogens is 4. The summed E-state index contributed by atoms with van der Waals surface area (Å²) in [5.74, 6) is -0.0458. The Bertz CT molecular complexity index is 1080. The molecule has 0 atom stereocenters. The summed E-state index contributed by atoms with van der Waals surface area (Å²) in [6.07, 6.45) is -2.52. The zero-order chi connectivity index (χ0) is 20.1. The van der Waals surface area contributed by atoms with E-state index in [0.29, 0.717) is 11.6 Å². The minimum Gasteiger partial charge on any atom is -0.444 e. The predicted octanol–water partition coefficient (Wildman–Crippen LogP) is 3.33. The molecule has 0 amide bonds. The third kappa shape index (κ3) is 3.41. The molecule has 0 spiro atoms. The van der Waals surface area contributed by atoms with Crippen molar-refractivity contribution >= 4 is 17.6 Å². The van der Waals surface area contributed by atoms with Gasteiger partial charge < -0.3 is 10.2 Å². The van der Waals surface area contributed by atoms with Crippen molar-refractivity contribution in [1.82, 2.24) is 19.8 Å². The molecule has 0 aliphatic heterocycles. The lowest BCUT2D eigenvalue weighted by molar-refractivity contribution is -0.137. The van der Waals surface area contributed by atoms with Crippen molar-refractivity contribution in [2.45, 2.75) is 35.6 Å².